The Morgan fingerprint density at radius 2 is 2.05 bits per heavy atom. The molecule has 0 aliphatic carbocycles. The number of hydrogen-bond donors (Lipinski definition) is 1. The minimum atomic E-state index is -2.84. The number of ether oxygens (including phenoxy) is 1. The molecule has 0 aliphatic heterocycles. The van der Waals surface area contributed by atoms with Crippen molar-refractivity contribution in [2.24, 2.45) is 0 Å². The molecule has 6 heteroatoms. The van der Waals surface area contributed by atoms with Crippen molar-refractivity contribution in [1.29, 1.82) is 0 Å². The van der Waals surface area contributed by atoms with E-state index < -0.39 is 6.61 Å². The molecule has 1 aromatic heterocycles. The number of aryl methyl sites for hydroxylation is 1. The first-order valence-corrected chi connectivity index (χ1v) is 7.28. The lowest BCUT2D eigenvalue weighted by Crippen LogP contribution is -2.18. The molecular formula is C15H16BrF2NO2. The smallest absolute Gasteiger partial charge is 0.387 e. The van der Waals surface area contributed by atoms with Crippen molar-refractivity contribution < 1.29 is 17.9 Å². The molecule has 0 amide bonds. The van der Waals surface area contributed by atoms with Gasteiger partial charge in [0.05, 0.1) is 6.04 Å². The van der Waals surface area contributed by atoms with E-state index in [0.717, 1.165) is 16.0 Å². The van der Waals surface area contributed by atoms with Gasteiger partial charge in [-0.05, 0) is 44.2 Å². The summed E-state index contributed by atoms with van der Waals surface area (Å²) in [4.78, 5) is 0. The molecule has 0 spiro atoms. The second-order valence-electron chi connectivity index (χ2n) is 4.68. The molecule has 1 heterocycles. The van der Waals surface area contributed by atoms with Crippen molar-refractivity contribution in [1.82, 2.24) is 5.32 Å². The van der Waals surface area contributed by atoms with Crippen LogP contribution in [0.1, 0.15) is 30.0 Å². The fraction of sp³-hybridized carbons (Fsp3) is 0.333. The van der Waals surface area contributed by atoms with Crippen LogP contribution < -0.4 is 10.1 Å². The Bertz CT molecular complexity index is 601. The van der Waals surface area contributed by atoms with Gasteiger partial charge in [-0.2, -0.15) is 8.78 Å². The van der Waals surface area contributed by atoms with Crippen LogP contribution in [0, 0.1) is 6.92 Å². The number of alkyl halides is 2. The van der Waals surface area contributed by atoms with Gasteiger partial charge in [-0.25, -0.2) is 0 Å². The minimum absolute atomic E-state index is 0.0305. The van der Waals surface area contributed by atoms with Crippen molar-refractivity contribution in [3.8, 4) is 5.75 Å². The van der Waals surface area contributed by atoms with Gasteiger partial charge in [0.1, 0.15) is 17.3 Å². The number of furan rings is 1. The molecule has 1 atom stereocenters. The highest BCUT2D eigenvalue weighted by molar-refractivity contribution is 9.10. The second kappa shape index (κ2) is 7.04. The van der Waals surface area contributed by atoms with E-state index >= 15 is 0 Å². The molecule has 114 valence electrons. The largest absolute Gasteiger partial charge is 0.465 e. The van der Waals surface area contributed by atoms with Gasteiger partial charge in [-0.15, -0.1) is 0 Å². The van der Waals surface area contributed by atoms with Crippen LogP contribution in [0.2, 0.25) is 0 Å². The quantitative estimate of drug-likeness (QED) is 0.803. The monoisotopic (exact) mass is 359 g/mol. The van der Waals surface area contributed by atoms with Crippen molar-refractivity contribution >= 4 is 15.9 Å². The fourth-order valence-electron chi connectivity index (χ4n) is 1.95. The zero-order chi connectivity index (χ0) is 15.4. The molecule has 1 N–H and O–H groups in total. The highest BCUT2D eigenvalue weighted by Crippen LogP contribution is 2.25. The van der Waals surface area contributed by atoms with E-state index in [-0.39, 0.29) is 11.8 Å². The Morgan fingerprint density at radius 3 is 2.67 bits per heavy atom. The van der Waals surface area contributed by atoms with Crippen LogP contribution >= 0.6 is 15.9 Å². The van der Waals surface area contributed by atoms with Crippen molar-refractivity contribution in [2.45, 2.75) is 33.0 Å². The van der Waals surface area contributed by atoms with Crippen LogP contribution in [0.5, 0.6) is 5.75 Å². The molecule has 1 unspecified atom stereocenters. The van der Waals surface area contributed by atoms with Gasteiger partial charge in [-0.1, -0.05) is 15.9 Å². The third-order valence-corrected chi connectivity index (χ3v) is 3.52. The topological polar surface area (TPSA) is 34.4 Å². The Morgan fingerprint density at radius 1 is 1.29 bits per heavy atom. The number of hydrogen-bond acceptors (Lipinski definition) is 3. The van der Waals surface area contributed by atoms with Crippen LogP contribution in [-0.2, 0) is 6.54 Å². The maximum absolute atomic E-state index is 12.4. The maximum atomic E-state index is 12.4. The molecule has 3 nitrogen and oxygen atoms in total. The normalized spacial score (nSPS) is 12.7. The second-order valence-corrected chi connectivity index (χ2v) is 5.60. The van der Waals surface area contributed by atoms with Crippen molar-refractivity contribution in [3.63, 3.8) is 0 Å². The lowest BCUT2D eigenvalue weighted by molar-refractivity contribution is -0.0505. The first kappa shape index (κ1) is 16.0. The molecule has 0 saturated carbocycles. The summed E-state index contributed by atoms with van der Waals surface area (Å²) in [6, 6.07) is 8.69. The predicted octanol–water partition coefficient (Wildman–Crippen LogP) is 4.80. The SMILES string of the molecule is Cc1ccc(C(C)NCc2cc(Br)ccc2OC(F)F)o1. The summed E-state index contributed by atoms with van der Waals surface area (Å²) in [5.41, 5.74) is 0.653. The van der Waals surface area contributed by atoms with Crippen LogP contribution in [0.25, 0.3) is 0 Å². The third kappa shape index (κ3) is 4.54. The van der Waals surface area contributed by atoms with Gasteiger partial charge in [0.2, 0.25) is 0 Å². The zero-order valence-corrected chi connectivity index (χ0v) is 13.3. The van der Waals surface area contributed by atoms with Crippen LogP contribution in [-0.4, -0.2) is 6.61 Å². The number of rotatable bonds is 6. The van der Waals surface area contributed by atoms with Gasteiger partial charge in [0, 0.05) is 16.6 Å². The Hall–Kier alpha value is -1.40. The van der Waals surface area contributed by atoms with Crippen molar-refractivity contribution in [2.75, 3.05) is 0 Å². The summed E-state index contributed by atoms with van der Waals surface area (Å²) in [5, 5.41) is 3.23. The first-order chi connectivity index (χ1) is 9.95. The van der Waals surface area contributed by atoms with Gasteiger partial charge in [0.25, 0.3) is 0 Å². The number of halogens is 3. The fourth-order valence-corrected chi connectivity index (χ4v) is 2.36. The van der Waals surface area contributed by atoms with Gasteiger partial charge < -0.3 is 14.5 Å². The molecule has 0 saturated heterocycles. The van der Waals surface area contributed by atoms with Crippen LogP contribution in [0.3, 0.4) is 0 Å². The van der Waals surface area contributed by atoms with Gasteiger partial charge in [0.15, 0.2) is 0 Å². The van der Waals surface area contributed by atoms with E-state index in [1.165, 1.54) is 6.07 Å². The minimum Gasteiger partial charge on any atom is -0.465 e. The standard InChI is InChI=1S/C15H16BrF2NO2/c1-9-3-5-13(20-9)10(2)19-8-11-7-12(16)4-6-14(11)21-15(17)18/h3-7,10,15,19H,8H2,1-2H3. The molecular weight excluding hydrogens is 344 g/mol. The Kier molecular flexibility index (Phi) is 5.36. The van der Waals surface area contributed by atoms with E-state index in [9.17, 15) is 8.78 Å². The third-order valence-electron chi connectivity index (χ3n) is 3.03. The van der Waals surface area contributed by atoms with E-state index in [1.807, 2.05) is 26.0 Å². The van der Waals surface area contributed by atoms with Crippen LogP contribution in [0.15, 0.2) is 39.2 Å². The summed E-state index contributed by atoms with van der Waals surface area (Å²) in [6.45, 7) is 1.38. The van der Waals surface area contributed by atoms with E-state index in [2.05, 4.69) is 26.0 Å². The molecule has 2 rings (SSSR count). The lowest BCUT2D eigenvalue weighted by atomic mass is 10.2. The molecule has 0 radical (unpaired) electrons. The maximum Gasteiger partial charge on any atom is 0.387 e. The lowest BCUT2D eigenvalue weighted by Gasteiger charge is -2.15. The van der Waals surface area contributed by atoms with Crippen LogP contribution in [0.4, 0.5) is 8.78 Å². The summed E-state index contributed by atoms with van der Waals surface area (Å²) in [6.07, 6.45) is 0. The number of nitrogens with one attached hydrogen (secondary N) is 1. The average Bonchev–Trinajstić information content (AvgIpc) is 2.85. The zero-order valence-electron chi connectivity index (χ0n) is 11.7. The van der Waals surface area contributed by atoms with Gasteiger partial charge in [-0.3, -0.25) is 0 Å². The highest BCUT2D eigenvalue weighted by Gasteiger charge is 2.13. The molecule has 21 heavy (non-hydrogen) atoms. The molecule has 2 aromatic rings. The van der Waals surface area contributed by atoms with Gasteiger partial charge >= 0.3 is 6.61 Å². The van der Waals surface area contributed by atoms with E-state index in [1.54, 1.807) is 12.1 Å². The van der Waals surface area contributed by atoms with Crippen molar-refractivity contribution in [3.05, 3.63) is 51.9 Å². The Labute approximate surface area is 130 Å². The highest BCUT2D eigenvalue weighted by atomic mass is 79.9. The summed E-state index contributed by atoms with van der Waals surface area (Å²) in [5.74, 6) is 1.81. The first-order valence-electron chi connectivity index (χ1n) is 6.48. The number of benzene rings is 1. The van der Waals surface area contributed by atoms with E-state index in [0.29, 0.717) is 12.1 Å². The summed E-state index contributed by atoms with van der Waals surface area (Å²) >= 11 is 3.33. The summed E-state index contributed by atoms with van der Waals surface area (Å²) in [7, 11) is 0. The summed E-state index contributed by atoms with van der Waals surface area (Å²) < 4.78 is 35.7. The molecule has 0 bridgehead atoms. The van der Waals surface area contributed by atoms with E-state index in [4.69, 9.17) is 4.42 Å². The Balaban J connectivity index is 2.06. The molecule has 0 fully saturated rings. The molecule has 1 aromatic carbocycles. The predicted molar refractivity (Wildman–Crippen MR) is 79.5 cm³/mol. The average molecular weight is 360 g/mol. The molecule has 0 aliphatic rings.